The summed E-state index contributed by atoms with van der Waals surface area (Å²) in [6.07, 6.45) is 8.69. The molecule has 2 N–H and O–H groups in total. The van der Waals surface area contributed by atoms with Crippen molar-refractivity contribution in [3.63, 3.8) is 0 Å². The molecule has 2 unspecified atom stereocenters. The number of carbonyl (C=O) groups excluding carboxylic acids is 1. The number of carbonyl (C=O) groups is 1. The van der Waals surface area contributed by atoms with Crippen molar-refractivity contribution in [3.05, 3.63) is 35.6 Å². The molecule has 1 aliphatic heterocycles. The number of nitrogens with zero attached hydrogens (tertiary/aromatic N) is 1. The highest BCUT2D eigenvalue weighted by atomic mass is 16.5. The van der Waals surface area contributed by atoms with Crippen LogP contribution in [0.15, 0.2) is 29.4 Å². The largest absolute Gasteiger partial charge is 0.465 e. The Morgan fingerprint density at radius 3 is 2.42 bits per heavy atom. The normalized spacial score (nSPS) is 19.2. The monoisotopic (exact) mass is 461 g/mol. The van der Waals surface area contributed by atoms with E-state index in [-0.39, 0.29) is 17.9 Å². The maximum atomic E-state index is 12.0. The number of hydrogen-bond acceptors (Lipinski definition) is 6. The summed E-state index contributed by atoms with van der Waals surface area (Å²) in [6, 6.07) is 2.48. The lowest BCUT2D eigenvalue weighted by Gasteiger charge is -2.31. The van der Waals surface area contributed by atoms with Gasteiger partial charge in [-0.3, -0.25) is 4.79 Å². The lowest BCUT2D eigenvalue weighted by molar-refractivity contribution is -0.132. The van der Waals surface area contributed by atoms with Crippen LogP contribution in [-0.2, 0) is 14.3 Å². The van der Waals surface area contributed by atoms with Crippen molar-refractivity contribution in [3.8, 4) is 0 Å². The van der Waals surface area contributed by atoms with Crippen LogP contribution >= 0.6 is 0 Å². The highest BCUT2D eigenvalue weighted by Gasteiger charge is 2.35. The molecule has 1 aromatic rings. The Bertz CT molecular complexity index is 815. The van der Waals surface area contributed by atoms with Crippen molar-refractivity contribution >= 4 is 17.6 Å². The van der Waals surface area contributed by atoms with Gasteiger partial charge in [-0.2, -0.15) is 0 Å². The van der Waals surface area contributed by atoms with Crippen LogP contribution in [0.25, 0.3) is 11.6 Å². The fourth-order valence-corrected chi connectivity index (χ4v) is 3.91. The number of rotatable bonds is 11. The van der Waals surface area contributed by atoms with Crippen LogP contribution in [0.3, 0.4) is 0 Å². The van der Waals surface area contributed by atoms with Gasteiger partial charge in [-0.25, -0.2) is 0 Å². The second-order valence-electron chi connectivity index (χ2n) is 8.75. The summed E-state index contributed by atoms with van der Waals surface area (Å²) in [5, 5.41) is 7.44. The predicted octanol–water partition coefficient (Wildman–Crippen LogP) is 1.66. The number of furan rings is 1. The first kappa shape index (κ1) is 27.3. The molecule has 0 radical (unpaired) electrons. The summed E-state index contributed by atoms with van der Waals surface area (Å²) in [7, 11) is 1.69. The zero-order valence-electron chi connectivity index (χ0n) is 20.9. The molecule has 1 saturated carbocycles. The van der Waals surface area contributed by atoms with Gasteiger partial charge < -0.3 is 29.4 Å². The first-order chi connectivity index (χ1) is 16.0. The molecule has 2 fully saturated rings. The molecule has 1 aliphatic carbocycles. The van der Waals surface area contributed by atoms with Crippen LogP contribution in [0, 0.1) is 5.92 Å². The van der Waals surface area contributed by atoms with Crippen LogP contribution in [0.5, 0.6) is 0 Å². The molecule has 0 aromatic carbocycles. The topological polar surface area (TPSA) is 76.0 Å². The van der Waals surface area contributed by atoms with Gasteiger partial charge in [-0.1, -0.05) is 19.6 Å². The van der Waals surface area contributed by atoms with Gasteiger partial charge in [-0.15, -0.1) is 0 Å². The van der Waals surface area contributed by atoms with Crippen LogP contribution in [0.1, 0.15) is 40.0 Å². The fraction of sp³-hybridized carbons (Fsp3) is 0.654. The van der Waals surface area contributed by atoms with E-state index in [2.05, 4.69) is 37.1 Å². The van der Waals surface area contributed by atoms with Crippen molar-refractivity contribution in [2.24, 2.45) is 5.92 Å². The summed E-state index contributed by atoms with van der Waals surface area (Å²) in [6.45, 7) is 16.2. The number of methoxy groups -OCH3 is 1. The molecule has 2 aliphatic rings. The third-order valence-corrected chi connectivity index (χ3v) is 6.06. The van der Waals surface area contributed by atoms with Crippen LogP contribution in [-0.4, -0.2) is 76.0 Å². The smallest absolute Gasteiger partial charge is 0.219 e. The van der Waals surface area contributed by atoms with Crippen molar-refractivity contribution < 1.29 is 18.7 Å². The molecule has 7 heteroatoms. The number of ether oxygens (including phenoxy) is 2. The van der Waals surface area contributed by atoms with E-state index in [0.29, 0.717) is 25.9 Å². The fourth-order valence-electron chi connectivity index (χ4n) is 3.91. The Kier molecular flexibility index (Phi) is 12.5. The van der Waals surface area contributed by atoms with E-state index in [1.54, 1.807) is 20.3 Å². The summed E-state index contributed by atoms with van der Waals surface area (Å²) in [5.74, 6) is 0.320. The van der Waals surface area contributed by atoms with Crippen molar-refractivity contribution in [2.45, 2.75) is 52.1 Å². The molecular formula is C26H43N3O4. The Morgan fingerprint density at radius 2 is 1.91 bits per heavy atom. The van der Waals surface area contributed by atoms with E-state index in [0.717, 1.165) is 61.6 Å². The first-order valence-electron chi connectivity index (χ1n) is 12.2. The van der Waals surface area contributed by atoms with Gasteiger partial charge in [0.2, 0.25) is 5.91 Å². The highest BCUT2D eigenvalue weighted by molar-refractivity contribution is 5.74. The molecule has 1 amide bonds. The summed E-state index contributed by atoms with van der Waals surface area (Å²) < 4.78 is 16.5. The quantitative estimate of drug-likeness (QED) is 0.488. The second-order valence-corrected chi connectivity index (χ2v) is 8.75. The van der Waals surface area contributed by atoms with E-state index in [9.17, 15) is 4.79 Å². The number of amides is 1. The second kappa shape index (κ2) is 15.1. The molecule has 186 valence electrons. The van der Waals surface area contributed by atoms with Gasteiger partial charge in [-0.05, 0) is 49.8 Å². The Balaban J connectivity index is 0.000000554. The van der Waals surface area contributed by atoms with Gasteiger partial charge in [0, 0.05) is 70.7 Å². The number of nitrogens with one attached hydrogen (secondary N) is 2. The van der Waals surface area contributed by atoms with Crippen molar-refractivity contribution in [1.82, 2.24) is 15.5 Å². The summed E-state index contributed by atoms with van der Waals surface area (Å²) in [4.78, 5) is 14.0. The minimum Gasteiger partial charge on any atom is -0.465 e. The van der Waals surface area contributed by atoms with Crippen LogP contribution in [0.4, 0.5) is 0 Å². The van der Waals surface area contributed by atoms with Gasteiger partial charge in [0.1, 0.15) is 5.42 Å². The Morgan fingerprint density at radius 1 is 1.24 bits per heavy atom. The predicted molar refractivity (Wildman–Crippen MR) is 133 cm³/mol. The molecule has 0 spiro atoms. The number of hydrogen-bond donors (Lipinski definition) is 2. The molecule has 2 atom stereocenters. The first-order valence-corrected chi connectivity index (χ1v) is 12.2. The van der Waals surface area contributed by atoms with Crippen LogP contribution in [0.2, 0.25) is 0 Å². The summed E-state index contributed by atoms with van der Waals surface area (Å²) >= 11 is 0. The van der Waals surface area contributed by atoms with Crippen molar-refractivity contribution in [1.29, 1.82) is 0 Å². The van der Waals surface area contributed by atoms with Gasteiger partial charge in [0.05, 0.1) is 12.9 Å². The zero-order valence-corrected chi connectivity index (χ0v) is 20.9. The lowest BCUT2D eigenvalue weighted by Crippen LogP contribution is -2.42. The van der Waals surface area contributed by atoms with E-state index < -0.39 is 0 Å². The SMILES string of the molecule is C1CNCCN1.C=C/C(COCCCOC)=c1/cco/c1=C/C(C)C(C)N(C(C)=O)C1CC1. The molecule has 3 rings (SSSR count). The maximum Gasteiger partial charge on any atom is 0.219 e. The highest BCUT2D eigenvalue weighted by Crippen LogP contribution is 2.30. The van der Waals surface area contributed by atoms with Crippen molar-refractivity contribution in [2.75, 3.05) is 53.1 Å². The molecule has 2 heterocycles. The summed E-state index contributed by atoms with van der Waals surface area (Å²) in [5.41, 5.74) is 1.81. The minimum absolute atomic E-state index is 0.130. The Hall–Kier alpha value is -1.93. The zero-order chi connectivity index (χ0) is 24.1. The number of piperazine rings is 1. The Labute approximate surface area is 198 Å². The standard InChI is InChI=1S/C22H33NO4.C4H10N2/c1-6-19(15-26-12-7-11-25-5)21-10-13-27-22(21)14-16(2)17(3)23(18(4)24)20-8-9-20;1-2-6-4-3-5-1/h6,10,13-14,16-17,20H,1,7-9,11-12,15H2,2-5H3;5-6H,1-4H2/b21-19+,22-14+;. The average Bonchev–Trinajstić information content (AvgIpc) is 3.55. The molecule has 7 nitrogen and oxygen atoms in total. The third-order valence-electron chi connectivity index (χ3n) is 6.06. The van der Waals surface area contributed by atoms with E-state index in [1.165, 1.54) is 0 Å². The van der Waals surface area contributed by atoms with E-state index in [1.807, 2.05) is 17.0 Å². The molecule has 0 bridgehead atoms. The average molecular weight is 462 g/mol. The van der Waals surface area contributed by atoms with E-state index >= 15 is 0 Å². The molecule has 1 saturated heterocycles. The van der Waals surface area contributed by atoms with E-state index in [4.69, 9.17) is 13.9 Å². The van der Waals surface area contributed by atoms with Gasteiger partial charge >= 0.3 is 0 Å². The van der Waals surface area contributed by atoms with Gasteiger partial charge in [0.15, 0.2) is 0 Å². The minimum atomic E-state index is 0.130. The lowest BCUT2D eigenvalue weighted by atomic mass is 10.0. The molecular weight excluding hydrogens is 418 g/mol. The molecule has 1 aromatic heterocycles. The maximum absolute atomic E-state index is 12.0. The third kappa shape index (κ3) is 9.45. The molecule has 33 heavy (non-hydrogen) atoms. The van der Waals surface area contributed by atoms with Gasteiger partial charge in [0.25, 0.3) is 0 Å². The van der Waals surface area contributed by atoms with Crippen LogP contribution < -0.4 is 21.3 Å².